The Balaban J connectivity index is 1.79. The lowest BCUT2D eigenvalue weighted by Gasteiger charge is -2.30. The van der Waals surface area contributed by atoms with Crippen molar-refractivity contribution in [3.8, 4) is 0 Å². The first kappa shape index (κ1) is 26.2. The van der Waals surface area contributed by atoms with E-state index in [1.807, 2.05) is 24.3 Å². The Bertz CT molecular complexity index is 1440. The molecule has 0 radical (unpaired) electrons. The Hall–Kier alpha value is -3.82. The number of benzene rings is 3. The fraction of sp³-hybridized carbons (Fsp3) is 0.250. The molecule has 0 bridgehead atoms. The van der Waals surface area contributed by atoms with E-state index in [2.05, 4.69) is 0 Å². The molecule has 9 heteroatoms. The van der Waals surface area contributed by atoms with E-state index in [0.717, 1.165) is 27.4 Å². The lowest BCUT2D eigenvalue weighted by atomic mass is 9.82. The molecule has 3 aromatic carbocycles. The molecular formula is C28H26N2O6S. The third-order valence-corrected chi connectivity index (χ3v) is 7.30. The molecule has 0 fully saturated rings. The average Bonchev–Trinajstić information content (AvgIpc) is 3.12. The van der Waals surface area contributed by atoms with Gasteiger partial charge < -0.3 is 10.8 Å². The quantitative estimate of drug-likeness (QED) is 0.320. The molecule has 0 saturated heterocycles. The van der Waals surface area contributed by atoms with Gasteiger partial charge in [0.1, 0.15) is 6.04 Å². The first-order chi connectivity index (χ1) is 17.6. The summed E-state index contributed by atoms with van der Waals surface area (Å²) in [6.07, 6.45) is 0.585. The van der Waals surface area contributed by atoms with E-state index < -0.39 is 41.6 Å². The van der Waals surface area contributed by atoms with Gasteiger partial charge in [0.05, 0.1) is 23.1 Å². The van der Waals surface area contributed by atoms with Crippen molar-refractivity contribution in [3.05, 3.63) is 77.4 Å². The van der Waals surface area contributed by atoms with E-state index in [1.54, 1.807) is 37.3 Å². The summed E-state index contributed by atoms with van der Waals surface area (Å²) in [7, 11) is 0. The number of Topliss-reactive ketones (excluding diaryl/α,β-unsaturated/α-hetero) is 1. The number of hydrogen-bond acceptors (Lipinski definition) is 7. The maximum atomic E-state index is 14.1. The van der Waals surface area contributed by atoms with Crippen LogP contribution >= 0.6 is 11.8 Å². The van der Waals surface area contributed by atoms with E-state index in [0.29, 0.717) is 16.9 Å². The molecular weight excluding hydrogens is 492 g/mol. The zero-order chi connectivity index (χ0) is 26.9. The van der Waals surface area contributed by atoms with Gasteiger partial charge in [0.25, 0.3) is 11.8 Å². The monoisotopic (exact) mass is 518 g/mol. The Morgan fingerprint density at radius 3 is 2.32 bits per heavy atom. The number of fused-ring (bicyclic) bond motifs is 2. The van der Waals surface area contributed by atoms with Gasteiger partial charge in [0.2, 0.25) is 0 Å². The molecule has 0 saturated carbocycles. The first-order valence-electron chi connectivity index (χ1n) is 11.9. The van der Waals surface area contributed by atoms with Crippen LogP contribution in [0.15, 0.2) is 65.6 Å². The van der Waals surface area contributed by atoms with Crippen LogP contribution in [0.3, 0.4) is 0 Å². The maximum absolute atomic E-state index is 14.1. The number of nitrogens with two attached hydrogens (primary N) is 1. The summed E-state index contributed by atoms with van der Waals surface area (Å²) in [6, 6.07) is 14.4. The van der Waals surface area contributed by atoms with E-state index in [1.165, 1.54) is 13.0 Å². The third kappa shape index (κ3) is 4.92. The molecule has 0 aromatic heterocycles. The number of hydrogen-bond donors (Lipinski definition) is 2. The highest BCUT2D eigenvalue weighted by Crippen LogP contribution is 2.36. The zero-order valence-electron chi connectivity index (χ0n) is 20.3. The molecule has 0 spiro atoms. The predicted octanol–water partition coefficient (Wildman–Crippen LogP) is 4.01. The number of amides is 2. The molecule has 0 aliphatic carbocycles. The van der Waals surface area contributed by atoms with Crippen molar-refractivity contribution < 1.29 is 29.1 Å². The number of carbonyl (C=O) groups excluding carboxylic acids is 4. The van der Waals surface area contributed by atoms with Crippen molar-refractivity contribution in [2.45, 2.75) is 49.6 Å². The number of ketones is 1. The van der Waals surface area contributed by atoms with Crippen LogP contribution in [0.5, 0.6) is 0 Å². The lowest BCUT2D eigenvalue weighted by molar-refractivity contribution is -0.141. The maximum Gasteiger partial charge on any atom is 0.321 e. The Kier molecular flexibility index (Phi) is 7.56. The largest absolute Gasteiger partial charge is 0.480 e. The number of carbonyl (C=O) groups is 5. The van der Waals surface area contributed by atoms with Crippen molar-refractivity contribution in [3.63, 3.8) is 0 Å². The minimum Gasteiger partial charge on any atom is -0.480 e. The smallest absolute Gasteiger partial charge is 0.321 e. The molecule has 3 atom stereocenters. The topological polar surface area (TPSA) is 135 Å². The van der Waals surface area contributed by atoms with E-state index in [4.69, 9.17) is 5.73 Å². The van der Waals surface area contributed by atoms with E-state index in [9.17, 15) is 29.1 Å². The van der Waals surface area contributed by atoms with Crippen LogP contribution in [-0.4, -0.2) is 50.8 Å². The highest BCUT2D eigenvalue weighted by molar-refractivity contribution is 8.13. The molecule has 37 heavy (non-hydrogen) atoms. The summed E-state index contributed by atoms with van der Waals surface area (Å²) in [6.45, 7) is 3.16. The van der Waals surface area contributed by atoms with Gasteiger partial charge in [0, 0.05) is 11.8 Å². The van der Waals surface area contributed by atoms with Crippen LogP contribution in [0, 0.1) is 0 Å². The van der Waals surface area contributed by atoms with Crippen LogP contribution in [0.2, 0.25) is 0 Å². The number of rotatable bonds is 9. The first-order valence-corrected chi connectivity index (χ1v) is 12.7. The summed E-state index contributed by atoms with van der Waals surface area (Å²) >= 11 is 0.837. The Morgan fingerprint density at radius 1 is 0.973 bits per heavy atom. The average molecular weight is 519 g/mol. The number of aliphatic carboxylic acids is 1. The minimum absolute atomic E-state index is 0.0754. The molecule has 8 nitrogen and oxygen atoms in total. The summed E-state index contributed by atoms with van der Waals surface area (Å²) in [5.41, 5.74) is 6.63. The van der Waals surface area contributed by atoms with Crippen molar-refractivity contribution in [1.29, 1.82) is 0 Å². The normalized spacial score (nSPS) is 15.4. The molecule has 4 rings (SSSR count). The molecule has 1 aliphatic rings. The summed E-state index contributed by atoms with van der Waals surface area (Å²) in [5, 5.41) is 11.2. The zero-order valence-corrected chi connectivity index (χ0v) is 21.2. The van der Waals surface area contributed by atoms with Crippen LogP contribution < -0.4 is 5.73 Å². The van der Waals surface area contributed by atoms with Crippen molar-refractivity contribution in [2.75, 3.05) is 0 Å². The Morgan fingerprint density at radius 2 is 1.68 bits per heavy atom. The molecule has 3 N–H and O–H groups in total. The van der Waals surface area contributed by atoms with Gasteiger partial charge in [-0.25, -0.2) is 0 Å². The third-order valence-electron chi connectivity index (χ3n) is 6.45. The van der Waals surface area contributed by atoms with Crippen LogP contribution in [0.1, 0.15) is 58.9 Å². The van der Waals surface area contributed by atoms with Gasteiger partial charge in [-0.05, 0) is 34.9 Å². The number of imide groups is 1. The van der Waals surface area contributed by atoms with Gasteiger partial charge in [-0.15, -0.1) is 0 Å². The van der Waals surface area contributed by atoms with Gasteiger partial charge in [-0.3, -0.25) is 28.9 Å². The predicted molar refractivity (Wildman–Crippen MR) is 139 cm³/mol. The van der Waals surface area contributed by atoms with Crippen LogP contribution in [0.25, 0.3) is 10.8 Å². The second kappa shape index (κ2) is 10.7. The van der Waals surface area contributed by atoms with Gasteiger partial charge >= 0.3 is 5.97 Å². The Labute approximate surface area is 217 Å². The van der Waals surface area contributed by atoms with Crippen molar-refractivity contribution >= 4 is 51.2 Å². The molecule has 3 unspecified atom stereocenters. The SMILES string of the molecule is CCCC(C(=O)C(c1ccc2ccccc2c1)C(N)C(=O)O)N1C(=O)c2cccc(SC(C)=O)c2C1=O. The highest BCUT2D eigenvalue weighted by atomic mass is 32.2. The lowest BCUT2D eigenvalue weighted by Crippen LogP contribution is -2.51. The summed E-state index contributed by atoms with van der Waals surface area (Å²) < 4.78 is 0. The van der Waals surface area contributed by atoms with Crippen LogP contribution in [-0.2, 0) is 14.4 Å². The highest BCUT2D eigenvalue weighted by Gasteiger charge is 2.47. The minimum atomic E-state index is -1.59. The molecule has 3 aromatic rings. The molecule has 1 heterocycles. The van der Waals surface area contributed by atoms with Gasteiger partial charge in [0.15, 0.2) is 10.9 Å². The van der Waals surface area contributed by atoms with E-state index in [-0.39, 0.29) is 22.7 Å². The van der Waals surface area contributed by atoms with E-state index >= 15 is 0 Å². The second-order valence-electron chi connectivity index (χ2n) is 8.91. The number of nitrogens with zero attached hydrogens (tertiary/aromatic N) is 1. The fourth-order valence-corrected chi connectivity index (χ4v) is 5.52. The molecule has 1 aliphatic heterocycles. The van der Waals surface area contributed by atoms with Crippen molar-refractivity contribution in [1.82, 2.24) is 4.90 Å². The van der Waals surface area contributed by atoms with Crippen LogP contribution in [0.4, 0.5) is 0 Å². The number of carboxylic acid groups (broad SMARTS) is 1. The standard InChI is InChI=1S/C28H26N2O6S/c1-3-7-20(30-26(33)19-10-6-11-21(37-15(2)31)23(19)27(30)34)25(32)22(24(29)28(35)36)18-13-12-16-8-4-5-9-17(16)14-18/h4-6,8-14,20,22,24H,3,7,29H2,1-2H3,(H,35,36). The van der Waals surface area contributed by atoms with Gasteiger partial charge in [-0.1, -0.05) is 73.6 Å². The number of thioether (sulfide) groups is 1. The molecule has 190 valence electrons. The van der Waals surface area contributed by atoms with Gasteiger partial charge in [-0.2, -0.15) is 0 Å². The molecule has 2 amide bonds. The second-order valence-corrected chi connectivity index (χ2v) is 10.1. The summed E-state index contributed by atoms with van der Waals surface area (Å²) in [4.78, 5) is 66.0. The van der Waals surface area contributed by atoms with Crippen molar-refractivity contribution in [2.24, 2.45) is 5.73 Å². The fourth-order valence-electron chi connectivity index (χ4n) is 4.77. The summed E-state index contributed by atoms with van der Waals surface area (Å²) in [5.74, 6) is -4.63. The number of carboxylic acids is 1.